The van der Waals surface area contributed by atoms with Crippen LogP contribution >= 0.6 is 0 Å². The van der Waals surface area contributed by atoms with Gasteiger partial charge in [-0.3, -0.25) is 10.2 Å². The van der Waals surface area contributed by atoms with E-state index >= 15 is 0 Å². The fraction of sp³-hybridized carbons (Fsp3) is 0.538. The summed E-state index contributed by atoms with van der Waals surface area (Å²) in [4.78, 5) is 16.5. The van der Waals surface area contributed by atoms with Gasteiger partial charge in [-0.15, -0.1) is 0 Å². The van der Waals surface area contributed by atoms with E-state index in [-0.39, 0.29) is 11.3 Å². The van der Waals surface area contributed by atoms with Crippen LogP contribution in [0.3, 0.4) is 0 Å². The summed E-state index contributed by atoms with van der Waals surface area (Å²) >= 11 is 0. The van der Waals surface area contributed by atoms with Crippen molar-refractivity contribution in [3.8, 4) is 0 Å². The van der Waals surface area contributed by atoms with Gasteiger partial charge in [-0.1, -0.05) is 20.8 Å². The van der Waals surface area contributed by atoms with E-state index in [4.69, 9.17) is 0 Å². The van der Waals surface area contributed by atoms with Gasteiger partial charge in [0, 0.05) is 37.8 Å². The normalized spacial score (nSPS) is 11.5. The molecule has 0 bridgehead atoms. The van der Waals surface area contributed by atoms with Crippen molar-refractivity contribution in [1.29, 1.82) is 0 Å². The minimum atomic E-state index is -0.135. The lowest BCUT2D eigenvalue weighted by Gasteiger charge is -2.20. The van der Waals surface area contributed by atoms with Gasteiger partial charge in [-0.2, -0.15) is 0 Å². The predicted molar refractivity (Wildman–Crippen MR) is 73.6 cm³/mol. The first-order valence-electron chi connectivity index (χ1n) is 5.92. The molecule has 1 aromatic heterocycles. The Kier molecular flexibility index (Phi) is 4.29. The second kappa shape index (κ2) is 5.35. The Labute approximate surface area is 109 Å². The highest BCUT2D eigenvalue weighted by atomic mass is 16.2. The van der Waals surface area contributed by atoms with Crippen molar-refractivity contribution in [1.82, 2.24) is 15.4 Å². The number of hydrazine groups is 1. The largest absolute Gasteiger partial charge is 0.373 e. The van der Waals surface area contributed by atoms with Crippen LogP contribution in [0.25, 0.3) is 0 Å². The molecule has 0 saturated heterocycles. The van der Waals surface area contributed by atoms with E-state index in [1.165, 1.54) is 0 Å². The van der Waals surface area contributed by atoms with Gasteiger partial charge in [-0.05, 0) is 12.1 Å². The van der Waals surface area contributed by atoms with Crippen LogP contribution in [-0.4, -0.2) is 37.0 Å². The van der Waals surface area contributed by atoms with Crippen LogP contribution in [0.5, 0.6) is 0 Å². The van der Waals surface area contributed by atoms with Gasteiger partial charge in [0.1, 0.15) is 5.82 Å². The quantitative estimate of drug-likeness (QED) is 0.801. The SMILES string of the molecule is CNc1cc(C(=O)NN(C)C)cc(C(C)(C)C)n1. The van der Waals surface area contributed by atoms with Gasteiger partial charge in [0.25, 0.3) is 5.91 Å². The summed E-state index contributed by atoms with van der Waals surface area (Å²) in [6.45, 7) is 6.22. The molecule has 5 heteroatoms. The molecule has 0 spiro atoms. The van der Waals surface area contributed by atoms with Gasteiger partial charge < -0.3 is 5.32 Å². The standard InChI is InChI=1S/C13H22N4O/c1-13(2,3)10-7-9(8-11(14-4)15-10)12(18)16-17(5)6/h7-8H,1-6H3,(H,14,15)(H,16,18). The average molecular weight is 250 g/mol. The second-order valence-corrected chi connectivity index (χ2v) is 5.46. The zero-order chi connectivity index (χ0) is 13.9. The monoisotopic (exact) mass is 250 g/mol. The molecule has 100 valence electrons. The van der Waals surface area contributed by atoms with Gasteiger partial charge in [0.05, 0.1) is 0 Å². The van der Waals surface area contributed by atoms with E-state index in [0.717, 1.165) is 5.69 Å². The highest BCUT2D eigenvalue weighted by molar-refractivity contribution is 5.94. The number of nitrogens with zero attached hydrogens (tertiary/aromatic N) is 2. The summed E-state index contributed by atoms with van der Waals surface area (Å²) in [5, 5.41) is 4.61. The summed E-state index contributed by atoms with van der Waals surface area (Å²) in [6, 6.07) is 3.58. The average Bonchev–Trinajstić information content (AvgIpc) is 2.26. The molecule has 1 rings (SSSR count). The summed E-state index contributed by atoms with van der Waals surface area (Å²) in [5.41, 5.74) is 4.12. The first-order chi connectivity index (χ1) is 8.24. The van der Waals surface area contributed by atoms with E-state index in [9.17, 15) is 4.79 Å². The Hall–Kier alpha value is -1.62. The van der Waals surface area contributed by atoms with E-state index in [0.29, 0.717) is 11.4 Å². The van der Waals surface area contributed by atoms with Gasteiger partial charge in [-0.25, -0.2) is 9.99 Å². The van der Waals surface area contributed by atoms with E-state index in [1.54, 1.807) is 32.2 Å². The molecule has 0 saturated carbocycles. The Morgan fingerprint density at radius 1 is 1.28 bits per heavy atom. The molecule has 0 aliphatic carbocycles. The zero-order valence-corrected chi connectivity index (χ0v) is 12.0. The number of amides is 1. The number of rotatable bonds is 3. The van der Waals surface area contributed by atoms with E-state index in [2.05, 4.69) is 36.5 Å². The van der Waals surface area contributed by atoms with Gasteiger partial charge in [0.15, 0.2) is 0 Å². The molecular weight excluding hydrogens is 228 g/mol. The number of carbonyl (C=O) groups is 1. The number of carbonyl (C=O) groups excluding carboxylic acids is 1. The van der Waals surface area contributed by atoms with Gasteiger partial charge >= 0.3 is 0 Å². The molecule has 1 amide bonds. The lowest BCUT2D eigenvalue weighted by molar-refractivity contribution is 0.0856. The highest BCUT2D eigenvalue weighted by Gasteiger charge is 2.19. The number of hydrogen-bond acceptors (Lipinski definition) is 4. The van der Waals surface area contributed by atoms with Crippen LogP contribution in [-0.2, 0) is 5.41 Å². The van der Waals surface area contributed by atoms with Crippen LogP contribution < -0.4 is 10.7 Å². The maximum atomic E-state index is 12.0. The Morgan fingerprint density at radius 3 is 2.33 bits per heavy atom. The maximum Gasteiger partial charge on any atom is 0.265 e. The van der Waals surface area contributed by atoms with Crippen molar-refractivity contribution >= 4 is 11.7 Å². The van der Waals surface area contributed by atoms with Crippen molar-refractivity contribution < 1.29 is 4.79 Å². The minimum Gasteiger partial charge on any atom is -0.373 e. The Balaban J connectivity index is 3.16. The van der Waals surface area contributed by atoms with Crippen molar-refractivity contribution in [3.05, 3.63) is 23.4 Å². The lowest BCUT2D eigenvalue weighted by Crippen LogP contribution is -2.36. The molecule has 0 aliphatic heterocycles. The molecule has 0 aliphatic rings. The minimum absolute atomic E-state index is 0.0972. The first-order valence-corrected chi connectivity index (χ1v) is 5.92. The molecule has 18 heavy (non-hydrogen) atoms. The molecule has 5 nitrogen and oxygen atoms in total. The summed E-state index contributed by atoms with van der Waals surface area (Å²) in [5.74, 6) is 0.565. The summed E-state index contributed by atoms with van der Waals surface area (Å²) in [6.07, 6.45) is 0. The Bertz CT molecular complexity index is 435. The van der Waals surface area contributed by atoms with Crippen molar-refractivity contribution in [2.24, 2.45) is 0 Å². The van der Waals surface area contributed by atoms with Crippen LogP contribution in [0.4, 0.5) is 5.82 Å². The first kappa shape index (κ1) is 14.4. The molecule has 0 atom stereocenters. The van der Waals surface area contributed by atoms with Crippen molar-refractivity contribution in [2.75, 3.05) is 26.5 Å². The van der Waals surface area contributed by atoms with E-state index in [1.807, 2.05) is 6.07 Å². The molecule has 0 unspecified atom stereocenters. The van der Waals surface area contributed by atoms with Crippen LogP contribution in [0, 0.1) is 0 Å². The van der Waals surface area contributed by atoms with Crippen molar-refractivity contribution in [2.45, 2.75) is 26.2 Å². The maximum absolute atomic E-state index is 12.0. The molecule has 0 radical (unpaired) electrons. The molecular formula is C13H22N4O. The topological polar surface area (TPSA) is 57.3 Å². The number of hydrogen-bond donors (Lipinski definition) is 2. The zero-order valence-electron chi connectivity index (χ0n) is 12.0. The molecule has 2 N–H and O–H groups in total. The Morgan fingerprint density at radius 2 is 1.89 bits per heavy atom. The fourth-order valence-corrected chi connectivity index (χ4v) is 1.44. The molecule has 1 aromatic rings. The third-order valence-electron chi connectivity index (χ3n) is 2.44. The molecule has 0 fully saturated rings. The number of anilines is 1. The number of nitrogens with one attached hydrogen (secondary N) is 2. The van der Waals surface area contributed by atoms with Crippen LogP contribution in [0.2, 0.25) is 0 Å². The smallest absolute Gasteiger partial charge is 0.265 e. The summed E-state index contributed by atoms with van der Waals surface area (Å²) < 4.78 is 0. The number of pyridine rings is 1. The van der Waals surface area contributed by atoms with Crippen molar-refractivity contribution in [3.63, 3.8) is 0 Å². The highest BCUT2D eigenvalue weighted by Crippen LogP contribution is 2.23. The molecule has 0 aromatic carbocycles. The summed E-state index contributed by atoms with van der Waals surface area (Å²) in [7, 11) is 5.36. The van der Waals surface area contributed by atoms with Crippen LogP contribution in [0.1, 0.15) is 36.8 Å². The second-order valence-electron chi connectivity index (χ2n) is 5.46. The fourth-order valence-electron chi connectivity index (χ4n) is 1.44. The van der Waals surface area contributed by atoms with Crippen LogP contribution in [0.15, 0.2) is 12.1 Å². The van der Waals surface area contributed by atoms with E-state index < -0.39 is 0 Å². The third kappa shape index (κ3) is 3.70. The van der Waals surface area contributed by atoms with Gasteiger partial charge in [0.2, 0.25) is 0 Å². The lowest BCUT2D eigenvalue weighted by atomic mass is 9.90. The number of aromatic nitrogens is 1. The predicted octanol–water partition coefficient (Wildman–Crippen LogP) is 1.63. The third-order valence-corrected chi connectivity index (χ3v) is 2.44. The molecule has 1 heterocycles.